The maximum Gasteiger partial charge on any atom is 0.322 e. The second kappa shape index (κ2) is 5.03. The quantitative estimate of drug-likeness (QED) is 0.848. The molecule has 20 heavy (non-hydrogen) atoms. The van der Waals surface area contributed by atoms with Gasteiger partial charge in [-0.1, -0.05) is 6.07 Å². The summed E-state index contributed by atoms with van der Waals surface area (Å²) in [7, 11) is 0. The number of benzene rings is 1. The Morgan fingerprint density at radius 1 is 1.25 bits per heavy atom. The maximum atomic E-state index is 11.8. The van der Waals surface area contributed by atoms with Crippen LogP contribution in [0.3, 0.4) is 0 Å². The standard InChI is InChI=1S/C14H15NO5/c16-13(17)7-15-14(18)10-6-9(10)8-1-2-11-12(5-8)20-4-3-19-11/h1-2,5,9-10H,3-4,6-7H2,(H,15,18)(H,16,17). The number of carboxylic acid groups (broad SMARTS) is 1. The van der Waals surface area contributed by atoms with Gasteiger partial charge in [-0.05, 0) is 30.0 Å². The molecule has 0 saturated heterocycles. The van der Waals surface area contributed by atoms with E-state index in [1.165, 1.54) is 0 Å². The van der Waals surface area contributed by atoms with Crippen molar-refractivity contribution in [2.24, 2.45) is 5.92 Å². The summed E-state index contributed by atoms with van der Waals surface area (Å²) in [5.74, 6) is 0.205. The molecule has 2 atom stereocenters. The fraction of sp³-hybridized carbons (Fsp3) is 0.429. The Morgan fingerprint density at radius 3 is 2.75 bits per heavy atom. The summed E-state index contributed by atoms with van der Waals surface area (Å²) < 4.78 is 11.0. The van der Waals surface area contributed by atoms with Crippen LogP contribution in [-0.2, 0) is 9.59 Å². The molecule has 1 saturated carbocycles. The maximum absolute atomic E-state index is 11.8. The number of ether oxygens (including phenoxy) is 2. The van der Waals surface area contributed by atoms with Crippen molar-refractivity contribution in [1.29, 1.82) is 0 Å². The smallest absolute Gasteiger partial charge is 0.322 e. The van der Waals surface area contributed by atoms with E-state index in [2.05, 4.69) is 5.32 Å². The van der Waals surface area contributed by atoms with Gasteiger partial charge < -0.3 is 19.9 Å². The molecule has 6 heteroatoms. The van der Waals surface area contributed by atoms with Gasteiger partial charge in [0.25, 0.3) is 0 Å². The molecule has 106 valence electrons. The van der Waals surface area contributed by atoms with Gasteiger partial charge in [0.05, 0.1) is 0 Å². The van der Waals surface area contributed by atoms with E-state index in [0.29, 0.717) is 19.0 Å². The molecule has 1 heterocycles. The molecule has 2 aliphatic rings. The molecule has 1 fully saturated rings. The predicted molar refractivity (Wildman–Crippen MR) is 68.9 cm³/mol. The minimum Gasteiger partial charge on any atom is -0.486 e. The van der Waals surface area contributed by atoms with Crippen LogP contribution in [0.4, 0.5) is 0 Å². The summed E-state index contributed by atoms with van der Waals surface area (Å²) in [6.07, 6.45) is 0.741. The van der Waals surface area contributed by atoms with Crippen molar-refractivity contribution in [3.8, 4) is 11.5 Å². The third kappa shape index (κ3) is 2.54. The molecule has 6 nitrogen and oxygen atoms in total. The Hall–Kier alpha value is -2.24. The van der Waals surface area contributed by atoms with Crippen molar-refractivity contribution in [3.05, 3.63) is 23.8 Å². The van der Waals surface area contributed by atoms with Crippen molar-refractivity contribution in [3.63, 3.8) is 0 Å². The van der Waals surface area contributed by atoms with Gasteiger partial charge in [0.1, 0.15) is 19.8 Å². The van der Waals surface area contributed by atoms with E-state index in [0.717, 1.165) is 17.7 Å². The summed E-state index contributed by atoms with van der Waals surface area (Å²) in [4.78, 5) is 22.2. The van der Waals surface area contributed by atoms with Gasteiger partial charge in [-0.15, -0.1) is 0 Å². The number of carboxylic acids is 1. The lowest BCUT2D eigenvalue weighted by Crippen LogP contribution is -2.30. The van der Waals surface area contributed by atoms with E-state index in [1.807, 2.05) is 18.2 Å². The first kappa shape index (κ1) is 12.8. The summed E-state index contributed by atoms with van der Waals surface area (Å²) in [5, 5.41) is 10.9. The lowest BCUT2D eigenvalue weighted by molar-refractivity contribution is -0.138. The van der Waals surface area contributed by atoms with Gasteiger partial charge in [-0.3, -0.25) is 9.59 Å². The number of aliphatic carboxylic acids is 1. The zero-order chi connectivity index (χ0) is 14.1. The summed E-state index contributed by atoms with van der Waals surface area (Å²) in [6, 6.07) is 5.70. The predicted octanol–water partition coefficient (Wildman–Crippen LogP) is 0.762. The average Bonchev–Trinajstić information content (AvgIpc) is 3.24. The highest BCUT2D eigenvalue weighted by Crippen LogP contribution is 2.49. The number of amides is 1. The highest BCUT2D eigenvalue weighted by molar-refractivity contribution is 5.86. The number of hydrogen-bond acceptors (Lipinski definition) is 4. The van der Waals surface area contributed by atoms with Crippen molar-refractivity contribution in [1.82, 2.24) is 5.32 Å². The van der Waals surface area contributed by atoms with Crippen LogP contribution in [0, 0.1) is 5.92 Å². The molecular weight excluding hydrogens is 262 g/mol. The van der Waals surface area contributed by atoms with Crippen molar-refractivity contribution < 1.29 is 24.2 Å². The van der Waals surface area contributed by atoms with E-state index >= 15 is 0 Å². The third-order valence-corrected chi connectivity index (χ3v) is 3.54. The fourth-order valence-electron chi connectivity index (χ4n) is 2.44. The number of hydrogen-bond donors (Lipinski definition) is 2. The average molecular weight is 277 g/mol. The molecule has 1 aromatic carbocycles. The van der Waals surface area contributed by atoms with E-state index in [4.69, 9.17) is 14.6 Å². The molecule has 1 amide bonds. The van der Waals surface area contributed by atoms with Gasteiger partial charge in [-0.25, -0.2) is 0 Å². The van der Waals surface area contributed by atoms with Crippen LogP contribution in [-0.4, -0.2) is 36.7 Å². The monoisotopic (exact) mass is 277 g/mol. The molecule has 0 spiro atoms. The topological polar surface area (TPSA) is 84.9 Å². The van der Waals surface area contributed by atoms with E-state index in [1.54, 1.807) is 0 Å². The second-order valence-electron chi connectivity index (χ2n) is 4.96. The van der Waals surface area contributed by atoms with Gasteiger partial charge in [0.15, 0.2) is 11.5 Å². The molecule has 1 aliphatic heterocycles. The second-order valence-corrected chi connectivity index (χ2v) is 4.96. The lowest BCUT2D eigenvalue weighted by Gasteiger charge is -2.18. The van der Waals surface area contributed by atoms with Crippen molar-refractivity contribution >= 4 is 11.9 Å². The van der Waals surface area contributed by atoms with E-state index in [-0.39, 0.29) is 24.3 Å². The van der Waals surface area contributed by atoms with Crippen LogP contribution in [0.25, 0.3) is 0 Å². The van der Waals surface area contributed by atoms with Crippen LogP contribution in [0.1, 0.15) is 17.9 Å². The van der Waals surface area contributed by atoms with Crippen LogP contribution in [0.5, 0.6) is 11.5 Å². The highest BCUT2D eigenvalue weighted by atomic mass is 16.6. The van der Waals surface area contributed by atoms with Gasteiger partial charge in [0, 0.05) is 5.92 Å². The highest BCUT2D eigenvalue weighted by Gasteiger charge is 2.44. The van der Waals surface area contributed by atoms with E-state index < -0.39 is 5.97 Å². The van der Waals surface area contributed by atoms with Crippen LogP contribution in [0.15, 0.2) is 18.2 Å². The molecule has 2 unspecified atom stereocenters. The van der Waals surface area contributed by atoms with Gasteiger partial charge in [0.2, 0.25) is 5.91 Å². The Balaban J connectivity index is 1.64. The normalized spacial score (nSPS) is 23.0. The largest absolute Gasteiger partial charge is 0.486 e. The van der Waals surface area contributed by atoms with Gasteiger partial charge in [-0.2, -0.15) is 0 Å². The SMILES string of the molecule is O=C(O)CNC(=O)C1CC1c1ccc2c(c1)OCCO2. The number of carbonyl (C=O) groups excluding carboxylic acids is 1. The first-order valence-corrected chi connectivity index (χ1v) is 6.54. The molecule has 2 N–H and O–H groups in total. The molecule has 1 aromatic rings. The molecule has 3 rings (SSSR count). The Labute approximate surface area is 115 Å². The minimum atomic E-state index is -1.03. The molecule has 0 radical (unpaired) electrons. The number of fused-ring (bicyclic) bond motifs is 1. The number of rotatable bonds is 4. The summed E-state index contributed by atoms with van der Waals surface area (Å²) in [6.45, 7) is 0.753. The van der Waals surface area contributed by atoms with Crippen LogP contribution < -0.4 is 14.8 Å². The molecule has 0 bridgehead atoms. The van der Waals surface area contributed by atoms with Crippen LogP contribution >= 0.6 is 0 Å². The fourth-order valence-corrected chi connectivity index (χ4v) is 2.44. The van der Waals surface area contributed by atoms with E-state index in [9.17, 15) is 9.59 Å². The Kier molecular flexibility index (Phi) is 3.22. The van der Waals surface area contributed by atoms with Crippen molar-refractivity contribution in [2.45, 2.75) is 12.3 Å². The van der Waals surface area contributed by atoms with Crippen LogP contribution in [0.2, 0.25) is 0 Å². The minimum absolute atomic E-state index is 0.139. The van der Waals surface area contributed by atoms with Gasteiger partial charge >= 0.3 is 5.97 Å². The van der Waals surface area contributed by atoms with Crippen molar-refractivity contribution in [2.75, 3.05) is 19.8 Å². The lowest BCUT2D eigenvalue weighted by atomic mass is 10.1. The molecule has 0 aromatic heterocycles. The zero-order valence-electron chi connectivity index (χ0n) is 10.8. The third-order valence-electron chi connectivity index (χ3n) is 3.54. The zero-order valence-corrected chi connectivity index (χ0v) is 10.8. The Morgan fingerprint density at radius 2 is 2.00 bits per heavy atom. The number of carbonyl (C=O) groups is 2. The summed E-state index contributed by atoms with van der Waals surface area (Å²) >= 11 is 0. The number of nitrogens with one attached hydrogen (secondary N) is 1. The first-order valence-electron chi connectivity index (χ1n) is 6.54. The first-order chi connectivity index (χ1) is 9.65. The molecule has 1 aliphatic carbocycles. The Bertz CT molecular complexity index is 556. The summed E-state index contributed by atoms with van der Waals surface area (Å²) in [5.41, 5.74) is 1.03. The molecular formula is C14H15NO5.